The van der Waals surface area contributed by atoms with Crippen molar-refractivity contribution in [2.24, 2.45) is 11.7 Å². The standard InChI is InChI=1S/C16H20N4O/c17-14-7-6-12(10-14)16(21)19-15-5-2-1-4-13(15)11-20-9-3-8-18-20/h1-5,8-9,12,14H,6-7,10-11,17H2,(H,19,21). The zero-order valence-electron chi connectivity index (χ0n) is 11.9. The number of carbonyl (C=O) groups is 1. The predicted octanol–water partition coefficient (Wildman–Crippen LogP) is 2.00. The Balaban J connectivity index is 1.71. The molecular formula is C16H20N4O. The molecule has 1 aliphatic carbocycles. The number of carbonyl (C=O) groups excluding carboxylic acids is 1. The van der Waals surface area contributed by atoms with Crippen LogP contribution in [0.15, 0.2) is 42.7 Å². The summed E-state index contributed by atoms with van der Waals surface area (Å²) in [5, 5.41) is 7.26. The van der Waals surface area contributed by atoms with Crippen LogP contribution >= 0.6 is 0 Å². The second-order valence-corrected chi connectivity index (χ2v) is 5.62. The quantitative estimate of drug-likeness (QED) is 0.902. The van der Waals surface area contributed by atoms with Crippen LogP contribution in [-0.2, 0) is 11.3 Å². The lowest BCUT2D eigenvalue weighted by Gasteiger charge is -2.14. The third-order valence-electron chi connectivity index (χ3n) is 4.01. The molecule has 0 saturated heterocycles. The summed E-state index contributed by atoms with van der Waals surface area (Å²) in [5.41, 5.74) is 7.80. The van der Waals surface area contributed by atoms with E-state index in [0.29, 0.717) is 6.54 Å². The number of nitrogens with one attached hydrogen (secondary N) is 1. The number of nitrogens with zero attached hydrogens (tertiary/aromatic N) is 2. The molecule has 2 atom stereocenters. The highest BCUT2D eigenvalue weighted by Gasteiger charge is 2.27. The van der Waals surface area contributed by atoms with Crippen molar-refractivity contribution in [1.29, 1.82) is 0 Å². The second-order valence-electron chi connectivity index (χ2n) is 5.62. The third kappa shape index (κ3) is 3.31. The van der Waals surface area contributed by atoms with Crippen molar-refractivity contribution >= 4 is 11.6 Å². The second kappa shape index (κ2) is 6.10. The first-order valence-electron chi connectivity index (χ1n) is 7.34. The number of aromatic nitrogens is 2. The average molecular weight is 284 g/mol. The van der Waals surface area contributed by atoms with E-state index in [2.05, 4.69) is 10.4 Å². The molecule has 1 heterocycles. The lowest BCUT2D eigenvalue weighted by Crippen LogP contribution is -2.23. The summed E-state index contributed by atoms with van der Waals surface area (Å²) in [6, 6.07) is 9.91. The molecule has 1 saturated carbocycles. The van der Waals surface area contributed by atoms with Gasteiger partial charge in [0.05, 0.1) is 6.54 Å². The molecule has 3 N–H and O–H groups in total. The molecule has 110 valence electrons. The number of hydrogen-bond donors (Lipinski definition) is 2. The van der Waals surface area contributed by atoms with Gasteiger partial charge in [0.1, 0.15) is 0 Å². The van der Waals surface area contributed by atoms with Gasteiger partial charge in [0, 0.05) is 30.0 Å². The molecular weight excluding hydrogens is 264 g/mol. The van der Waals surface area contributed by atoms with Gasteiger partial charge in [-0.3, -0.25) is 9.48 Å². The molecule has 1 aromatic carbocycles. The van der Waals surface area contributed by atoms with Crippen molar-refractivity contribution in [3.63, 3.8) is 0 Å². The molecule has 1 aromatic heterocycles. The van der Waals surface area contributed by atoms with Gasteiger partial charge in [-0.1, -0.05) is 18.2 Å². The van der Waals surface area contributed by atoms with E-state index in [9.17, 15) is 4.79 Å². The Morgan fingerprint density at radius 3 is 2.90 bits per heavy atom. The fourth-order valence-electron chi connectivity index (χ4n) is 2.84. The fourth-order valence-corrected chi connectivity index (χ4v) is 2.84. The number of amides is 1. The van der Waals surface area contributed by atoms with Crippen molar-refractivity contribution in [1.82, 2.24) is 9.78 Å². The minimum atomic E-state index is 0.0396. The first-order valence-corrected chi connectivity index (χ1v) is 7.34. The molecule has 3 rings (SSSR count). The van der Waals surface area contributed by atoms with Gasteiger partial charge in [-0.05, 0) is 37.0 Å². The first kappa shape index (κ1) is 13.8. The average Bonchev–Trinajstić information content (AvgIpc) is 3.12. The third-order valence-corrected chi connectivity index (χ3v) is 4.01. The van der Waals surface area contributed by atoms with E-state index in [-0.39, 0.29) is 17.9 Å². The van der Waals surface area contributed by atoms with E-state index < -0.39 is 0 Å². The van der Waals surface area contributed by atoms with Crippen LogP contribution in [0.5, 0.6) is 0 Å². The number of para-hydroxylation sites is 1. The van der Waals surface area contributed by atoms with Crippen LogP contribution in [0.3, 0.4) is 0 Å². The van der Waals surface area contributed by atoms with E-state index in [4.69, 9.17) is 5.73 Å². The molecule has 1 amide bonds. The maximum absolute atomic E-state index is 12.3. The largest absolute Gasteiger partial charge is 0.328 e. The summed E-state index contributed by atoms with van der Waals surface area (Å²) in [6.07, 6.45) is 6.27. The van der Waals surface area contributed by atoms with Crippen LogP contribution in [0.1, 0.15) is 24.8 Å². The van der Waals surface area contributed by atoms with E-state index in [0.717, 1.165) is 30.5 Å². The van der Waals surface area contributed by atoms with Crippen LogP contribution in [0.25, 0.3) is 0 Å². The SMILES string of the molecule is NC1CCC(C(=O)Nc2ccccc2Cn2cccn2)C1. The summed E-state index contributed by atoms with van der Waals surface area (Å²) < 4.78 is 1.84. The van der Waals surface area contributed by atoms with Crippen LogP contribution in [0, 0.1) is 5.92 Å². The molecule has 5 heteroatoms. The van der Waals surface area contributed by atoms with Crippen molar-refractivity contribution in [3.05, 3.63) is 48.3 Å². The summed E-state index contributed by atoms with van der Waals surface area (Å²) in [5.74, 6) is 0.119. The molecule has 2 unspecified atom stereocenters. The number of nitrogens with two attached hydrogens (primary N) is 1. The van der Waals surface area contributed by atoms with E-state index in [1.807, 2.05) is 41.2 Å². The van der Waals surface area contributed by atoms with Crippen molar-refractivity contribution in [3.8, 4) is 0 Å². The Labute approximate surface area is 124 Å². The van der Waals surface area contributed by atoms with Gasteiger partial charge in [0.15, 0.2) is 0 Å². The fraction of sp³-hybridized carbons (Fsp3) is 0.375. The highest BCUT2D eigenvalue weighted by Crippen LogP contribution is 2.26. The maximum Gasteiger partial charge on any atom is 0.227 e. The number of rotatable bonds is 4. The molecule has 1 aliphatic rings. The van der Waals surface area contributed by atoms with Crippen molar-refractivity contribution < 1.29 is 4.79 Å². The predicted molar refractivity (Wildman–Crippen MR) is 81.7 cm³/mol. The summed E-state index contributed by atoms with van der Waals surface area (Å²) >= 11 is 0. The van der Waals surface area contributed by atoms with Gasteiger partial charge in [-0.25, -0.2) is 0 Å². The van der Waals surface area contributed by atoms with Gasteiger partial charge in [-0.2, -0.15) is 5.10 Å². The summed E-state index contributed by atoms with van der Waals surface area (Å²) in [4.78, 5) is 12.3. The Morgan fingerprint density at radius 2 is 2.19 bits per heavy atom. The van der Waals surface area contributed by atoms with E-state index in [1.54, 1.807) is 6.20 Å². The topological polar surface area (TPSA) is 72.9 Å². The summed E-state index contributed by atoms with van der Waals surface area (Å²) in [6.45, 7) is 0.646. The number of hydrogen-bond acceptors (Lipinski definition) is 3. The van der Waals surface area contributed by atoms with Crippen molar-refractivity contribution in [2.45, 2.75) is 31.8 Å². The lowest BCUT2D eigenvalue weighted by molar-refractivity contribution is -0.119. The highest BCUT2D eigenvalue weighted by molar-refractivity contribution is 5.93. The normalized spacial score (nSPS) is 21.4. The van der Waals surface area contributed by atoms with Gasteiger partial charge in [0.2, 0.25) is 5.91 Å². The highest BCUT2D eigenvalue weighted by atomic mass is 16.1. The zero-order valence-corrected chi connectivity index (χ0v) is 11.9. The van der Waals surface area contributed by atoms with E-state index >= 15 is 0 Å². The van der Waals surface area contributed by atoms with E-state index in [1.165, 1.54) is 0 Å². The van der Waals surface area contributed by atoms with Crippen molar-refractivity contribution in [2.75, 3.05) is 5.32 Å². The smallest absolute Gasteiger partial charge is 0.227 e. The summed E-state index contributed by atoms with van der Waals surface area (Å²) in [7, 11) is 0. The number of benzene rings is 1. The van der Waals surface area contributed by atoms with Crippen LogP contribution in [0.2, 0.25) is 0 Å². The molecule has 21 heavy (non-hydrogen) atoms. The molecule has 0 radical (unpaired) electrons. The molecule has 5 nitrogen and oxygen atoms in total. The Bertz CT molecular complexity index is 608. The molecule has 0 aliphatic heterocycles. The minimum Gasteiger partial charge on any atom is -0.328 e. The Morgan fingerprint density at radius 1 is 1.33 bits per heavy atom. The molecule has 1 fully saturated rings. The Hall–Kier alpha value is -2.14. The number of anilines is 1. The monoisotopic (exact) mass is 284 g/mol. The minimum absolute atomic E-state index is 0.0396. The lowest BCUT2D eigenvalue weighted by atomic mass is 10.1. The maximum atomic E-state index is 12.3. The van der Waals surface area contributed by atoms with Crippen LogP contribution in [-0.4, -0.2) is 21.7 Å². The molecule has 0 bridgehead atoms. The van der Waals surface area contributed by atoms with Crippen LogP contribution in [0.4, 0.5) is 5.69 Å². The molecule has 2 aromatic rings. The zero-order chi connectivity index (χ0) is 14.7. The van der Waals surface area contributed by atoms with Gasteiger partial charge in [0.25, 0.3) is 0 Å². The van der Waals surface area contributed by atoms with Gasteiger partial charge < -0.3 is 11.1 Å². The van der Waals surface area contributed by atoms with Gasteiger partial charge in [-0.15, -0.1) is 0 Å². The first-order chi connectivity index (χ1) is 10.2. The van der Waals surface area contributed by atoms with Crippen LogP contribution < -0.4 is 11.1 Å². The molecule has 0 spiro atoms. The Kier molecular flexibility index (Phi) is 4.01. The van der Waals surface area contributed by atoms with Gasteiger partial charge >= 0.3 is 0 Å².